The predicted molar refractivity (Wildman–Crippen MR) is 125 cm³/mol. The van der Waals surface area contributed by atoms with Gasteiger partial charge in [-0.1, -0.05) is 0 Å². The molecule has 2 aliphatic rings. The Hall–Kier alpha value is -0.740. The Bertz CT molecular complexity index is 542. The molecule has 0 aliphatic carbocycles. The smallest absolute Gasteiger partial charge is 0.154 e. The number of rotatable bonds is 16. The van der Waals surface area contributed by atoms with Crippen LogP contribution in [0.2, 0.25) is 0 Å². The zero-order valence-electron chi connectivity index (χ0n) is 21.3. The lowest BCUT2D eigenvalue weighted by molar-refractivity contribution is -0.194. The van der Waals surface area contributed by atoms with Crippen molar-refractivity contribution in [3.8, 4) is 0 Å². The van der Waals surface area contributed by atoms with Crippen molar-refractivity contribution in [2.24, 2.45) is 0 Å². The summed E-state index contributed by atoms with van der Waals surface area (Å²) < 4.78 is 46.1. The Kier molecular flexibility index (Phi) is 13.8. The van der Waals surface area contributed by atoms with Crippen LogP contribution in [0.3, 0.4) is 0 Å². The molecule has 0 spiro atoms. The van der Waals surface area contributed by atoms with Gasteiger partial charge in [-0.2, -0.15) is 0 Å². The molecular formula is C25H46O8. The van der Waals surface area contributed by atoms with E-state index >= 15 is 0 Å². The SMILES string of the molecule is CCOC(C)OCCCC1=CCC[C@@H]2O[C@H](CCCOCOC)[C@@](C)(OCOC)CC[C@H]2O1. The molecule has 1 fully saturated rings. The first-order chi connectivity index (χ1) is 16.0. The summed E-state index contributed by atoms with van der Waals surface area (Å²) in [6.07, 6.45) is 9.21. The molecule has 1 unspecified atom stereocenters. The Morgan fingerprint density at radius 1 is 1.06 bits per heavy atom. The fourth-order valence-corrected chi connectivity index (χ4v) is 4.44. The van der Waals surface area contributed by atoms with Crippen molar-refractivity contribution >= 4 is 0 Å². The number of fused-ring (bicyclic) bond motifs is 1. The summed E-state index contributed by atoms with van der Waals surface area (Å²) in [4.78, 5) is 0. The molecule has 194 valence electrons. The predicted octanol–water partition coefficient (Wildman–Crippen LogP) is 4.56. The van der Waals surface area contributed by atoms with Crippen molar-refractivity contribution in [2.75, 3.05) is 47.6 Å². The topological polar surface area (TPSA) is 73.8 Å². The summed E-state index contributed by atoms with van der Waals surface area (Å²) in [6, 6.07) is 0. The maximum atomic E-state index is 6.68. The molecule has 0 radical (unpaired) electrons. The van der Waals surface area contributed by atoms with E-state index in [-0.39, 0.29) is 31.4 Å². The van der Waals surface area contributed by atoms with E-state index in [9.17, 15) is 0 Å². The molecule has 2 rings (SSSR count). The van der Waals surface area contributed by atoms with Gasteiger partial charge in [0.2, 0.25) is 0 Å². The Morgan fingerprint density at radius 3 is 2.64 bits per heavy atom. The van der Waals surface area contributed by atoms with Crippen LogP contribution in [-0.4, -0.2) is 77.8 Å². The third kappa shape index (κ3) is 10.2. The van der Waals surface area contributed by atoms with Gasteiger partial charge in [0.15, 0.2) is 6.29 Å². The number of methoxy groups -OCH3 is 2. The lowest BCUT2D eigenvalue weighted by Crippen LogP contribution is -2.44. The van der Waals surface area contributed by atoms with Crippen LogP contribution in [0.25, 0.3) is 0 Å². The number of hydrogen-bond acceptors (Lipinski definition) is 8. The van der Waals surface area contributed by atoms with Gasteiger partial charge in [-0.15, -0.1) is 0 Å². The summed E-state index contributed by atoms with van der Waals surface area (Å²) in [5, 5.41) is 0. The molecule has 2 aliphatic heterocycles. The van der Waals surface area contributed by atoms with Gasteiger partial charge in [0.1, 0.15) is 19.7 Å². The lowest BCUT2D eigenvalue weighted by atomic mass is 9.90. The van der Waals surface area contributed by atoms with Gasteiger partial charge >= 0.3 is 0 Å². The van der Waals surface area contributed by atoms with E-state index in [1.165, 1.54) is 0 Å². The Morgan fingerprint density at radius 2 is 1.88 bits per heavy atom. The molecule has 0 aromatic carbocycles. The second-order valence-electron chi connectivity index (χ2n) is 8.92. The largest absolute Gasteiger partial charge is 0.492 e. The summed E-state index contributed by atoms with van der Waals surface area (Å²) >= 11 is 0. The molecular weight excluding hydrogens is 428 g/mol. The molecule has 8 heteroatoms. The number of hydrogen-bond donors (Lipinski definition) is 0. The van der Waals surface area contributed by atoms with Gasteiger partial charge in [-0.3, -0.25) is 0 Å². The highest BCUT2D eigenvalue weighted by atomic mass is 16.7. The van der Waals surface area contributed by atoms with Crippen LogP contribution in [-0.2, 0) is 37.9 Å². The molecule has 0 saturated carbocycles. The van der Waals surface area contributed by atoms with Crippen molar-refractivity contribution in [1.82, 2.24) is 0 Å². The quantitative estimate of drug-likeness (QED) is 0.238. The standard InChI is InChI=1S/C25H46O8/c1-6-29-20(2)30-17-8-11-21-10-7-12-22-23(32-21)14-15-25(3,31-19-27-5)24(33-22)13-9-16-28-18-26-4/h10,20,22-24H,6-9,11-19H2,1-5H3/t20?,22-,23+,24+,25-/m0/s1. The average Bonchev–Trinajstić information content (AvgIpc) is 3.06. The van der Waals surface area contributed by atoms with E-state index < -0.39 is 5.60 Å². The van der Waals surface area contributed by atoms with Crippen molar-refractivity contribution in [3.63, 3.8) is 0 Å². The highest BCUT2D eigenvalue weighted by Gasteiger charge is 2.43. The molecule has 0 aromatic rings. The minimum Gasteiger partial charge on any atom is -0.492 e. The van der Waals surface area contributed by atoms with E-state index in [0.717, 1.165) is 57.1 Å². The lowest BCUT2D eigenvalue weighted by Gasteiger charge is -2.36. The zero-order valence-corrected chi connectivity index (χ0v) is 21.3. The molecule has 0 aromatic heterocycles. The normalized spacial score (nSPS) is 28.9. The van der Waals surface area contributed by atoms with Gasteiger partial charge in [0, 0.05) is 33.9 Å². The zero-order chi connectivity index (χ0) is 23.9. The van der Waals surface area contributed by atoms with E-state index in [1.54, 1.807) is 14.2 Å². The highest BCUT2D eigenvalue weighted by Crippen LogP contribution is 2.37. The molecule has 2 heterocycles. The van der Waals surface area contributed by atoms with Crippen molar-refractivity contribution in [3.05, 3.63) is 11.8 Å². The van der Waals surface area contributed by atoms with Crippen LogP contribution in [0.5, 0.6) is 0 Å². The average molecular weight is 475 g/mol. The molecule has 1 saturated heterocycles. The second-order valence-corrected chi connectivity index (χ2v) is 8.92. The third-order valence-corrected chi connectivity index (χ3v) is 6.27. The van der Waals surface area contributed by atoms with Gasteiger partial charge < -0.3 is 37.9 Å². The van der Waals surface area contributed by atoms with Crippen LogP contribution in [0.1, 0.15) is 72.1 Å². The first-order valence-electron chi connectivity index (χ1n) is 12.5. The van der Waals surface area contributed by atoms with Crippen molar-refractivity contribution in [2.45, 2.75) is 102 Å². The molecule has 5 atom stereocenters. The van der Waals surface area contributed by atoms with Gasteiger partial charge in [-0.25, -0.2) is 0 Å². The van der Waals surface area contributed by atoms with Crippen molar-refractivity contribution in [1.29, 1.82) is 0 Å². The third-order valence-electron chi connectivity index (χ3n) is 6.27. The first-order valence-corrected chi connectivity index (χ1v) is 12.5. The number of allylic oxidation sites excluding steroid dienone is 2. The molecule has 0 N–H and O–H groups in total. The number of ether oxygens (including phenoxy) is 8. The fraction of sp³-hybridized carbons (Fsp3) is 0.920. The van der Waals surface area contributed by atoms with Crippen LogP contribution in [0.4, 0.5) is 0 Å². The van der Waals surface area contributed by atoms with Gasteiger partial charge in [0.25, 0.3) is 0 Å². The Balaban J connectivity index is 1.91. The molecule has 8 nitrogen and oxygen atoms in total. The van der Waals surface area contributed by atoms with Gasteiger partial charge in [-0.05, 0) is 71.8 Å². The summed E-state index contributed by atoms with van der Waals surface area (Å²) in [5.74, 6) is 1.05. The van der Waals surface area contributed by atoms with Crippen LogP contribution in [0, 0.1) is 0 Å². The first kappa shape index (κ1) is 28.5. The maximum Gasteiger partial charge on any atom is 0.154 e. The van der Waals surface area contributed by atoms with Crippen molar-refractivity contribution < 1.29 is 37.9 Å². The van der Waals surface area contributed by atoms with Crippen LogP contribution in [0.15, 0.2) is 11.8 Å². The fourth-order valence-electron chi connectivity index (χ4n) is 4.44. The van der Waals surface area contributed by atoms with E-state index in [2.05, 4.69) is 13.0 Å². The molecule has 0 bridgehead atoms. The molecule has 0 amide bonds. The monoisotopic (exact) mass is 474 g/mol. The summed E-state index contributed by atoms with van der Waals surface area (Å²) in [5.41, 5.74) is -0.431. The van der Waals surface area contributed by atoms with E-state index in [1.807, 2.05) is 13.8 Å². The van der Waals surface area contributed by atoms with Gasteiger partial charge in [0.05, 0.1) is 30.2 Å². The van der Waals surface area contributed by atoms with Crippen LogP contribution < -0.4 is 0 Å². The van der Waals surface area contributed by atoms with Crippen LogP contribution >= 0.6 is 0 Å². The summed E-state index contributed by atoms with van der Waals surface area (Å²) in [7, 11) is 3.28. The minimum atomic E-state index is -0.431. The Labute approximate surface area is 200 Å². The van der Waals surface area contributed by atoms with E-state index in [0.29, 0.717) is 26.6 Å². The summed E-state index contributed by atoms with van der Waals surface area (Å²) in [6.45, 7) is 8.54. The highest BCUT2D eigenvalue weighted by molar-refractivity contribution is 5.01. The second kappa shape index (κ2) is 16.0. The minimum absolute atomic E-state index is 0.0298. The van der Waals surface area contributed by atoms with E-state index in [4.69, 9.17) is 37.9 Å². The molecule has 33 heavy (non-hydrogen) atoms. The maximum absolute atomic E-state index is 6.68.